The number of nitrogens with one attached hydrogen (secondary N) is 2. The van der Waals surface area contributed by atoms with Crippen LogP contribution in [0.15, 0.2) is 36.4 Å². The summed E-state index contributed by atoms with van der Waals surface area (Å²) in [6.45, 7) is 0. The molecule has 0 aliphatic rings. The lowest BCUT2D eigenvalue weighted by Gasteiger charge is -2.07. The van der Waals surface area contributed by atoms with Crippen LogP contribution in [0, 0.1) is 22.2 Å². The SMILES string of the molecule is O=C(Nc1cc#ccc1)Nc1ccc(O)c([N+](=O)[O-])c1. The van der Waals surface area contributed by atoms with Crippen LogP contribution in [0.25, 0.3) is 0 Å². The topological polar surface area (TPSA) is 104 Å². The van der Waals surface area contributed by atoms with Gasteiger partial charge in [-0.15, -0.1) is 0 Å². The maximum atomic E-state index is 11.7. The number of carbonyl (C=O) groups is 1. The van der Waals surface area contributed by atoms with E-state index in [2.05, 4.69) is 22.8 Å². The van der Waals surface area contributed by atoms with Crippen LogP contribution in [-0.2, 0) is 0 Å². The van der Waals surface area contributed by atoms with E-state index in [0.29, 0.717) is 5.69 Å². The van der Waals surface area contributed by atoms with Gasteiger partial charge in [-0.1, -0.05) is 12.1 Å². The van der Waals surface area contributed by atoms with Gasteiger partial charge in [0.1, 0.15) is 0 Å². The Balaban J connectivity index is 2.08. The number of nitro groups is 1. The molecular weight excluding hydrogens is 262 g/mol. The molecule has 0 fully saturated rings. The molecule has 0 bridgehead atoms. The van der Waals surface area contributed by atoms with Gasteiger partial charge in [0.25, 0.3) is 0 Å². The van der Waals surface area contributed by atoms with E-state index in [1.165, 1.54) is 12.1 Å². The molecule has 7 heteroatoms. The van der Waals surface area contributed by atoms with Gasteiger partial charge in [-0.05, 0) is 24.3 Å². The molecular formula is C13H9N3O4. The second-order valence-electron chi connectivity index (χ2n) is 3.76. The first-order valence-electron chi connectivity index (χ1n) is 5.49. The Morgan fingerprint density at radius 3 is 2.60 bits per heavy atom. The van der Waals surface area contributed by atoms with Gasteiger partial charge in [-0.2, -0.15) is 0 Å². The van der Waals surface area contributed by atoms with Gasteiger partial charge in [-0.3, -0.25) is 10.1 Å². The van der Waals surface area contributed by atoms with Crippen LogP contribution in [0.5, 0.6) is 5.75 Å². The Morgan fingerprint density at radius 2 is 1.95 bits per heavy atom. The molecule has 2 aromatic carbocycles. The number of nitrogens with zero attached hydrogens (tertiary/aromatic N) is 1. The van der Waals surface area contributed by atoms with Crippen LogP contribution in [0.4, 0.5) is 21.9 Å². The Morgan fingerprint density at radius 1 is 1.20 bits per heavy atom. The Bertz CT molecular complexity index is 643. The van der Waals surface area contributed by atoms with Crippen molar-refractivity contribution in [1.82, 2.24) is 0 Å². The van der Waals surface area contributed by atoms with E-state index < -0.39 is 22.4 Å². The summed E-state index contributed by atoms with van der Waals surface area (Å²) in [5, 5.41) is 24.9. The third-order valence-corrected chi connectivity index (χ3v) is 2.35. The predicted molar refractivity (Wildman–Crippen MR) is 71.5 cm³/mol. The van der Waals surface area contributed by atoms with Crippen LogP contribution in [0.3, 0.4) is 0 Å². The molecule has 0 heterocycles. The van der Waals surface area contributed by atoms with Crippen molar-refractivity contribution >= 4 is 23.1 Å². The van der Waals surface area contributed by atoms with Crippen molar-refractivity contribution < 1.29 is 14.8 Å². The molecule has 2 rings (SSSR count). The van der Waals surface area contributed by atoms with Crippen molar-refractivity contribution in [3.05, 3.63) is 58.6 Å². The fourth-order valence-corrected chi connectivity index (χ4v) is 1.47. The van der Waals surface area contributed by atoms with Crippen molar-refractivity contribution in [3.63, 3.8) is 0 Å². The number of hydrogen-bond acceptors (Lipinski definition) is 4. The van der Waals surface area contributed by atoms with Gasteiger partial charge < -0.3 is 15.7 Å². The maximum Gasteiger partial charge on any atom is 0.323 e. The molecule has 100 valence electrons. The van der Waals surface area contributed by atoms with Crippen LogP contribution in [-0.4, -0.2) is 16.1 Å². The first-order valence-corrected chi connectivity index (χ1v) is 5.49. The van der Waals surface area contributed by atoms with Gasteiger partial charge in [0, 0.05) is 17.8 Å². The summed E-state index contributed by atoms with van der Waals surface area (Å²) >= 11 is 0. The minimum atomic E-state index is -0.736. The molecule has 7 nitrogen and oxygen atoms in total. The number of carbonyl (C=O) groups excluding carboxylic acids is 1. The minimum Gasteiger partial charge on any atom is -0.502 e. The average molecular weight is 271 g/mol. The van der Waals surface area contributed by atoms with Crippen molar-refractivity contribution in [2.45, 2.75) is 0 Å². The lowest BCUT2D eigenvalue weighted by molar-refractivity contribution is -0.385. The third-order valence-electron chi connectivity index (χ3n) is 2.35. The van der Waals surface area contributed by atoms with E-state index in [1.807, 2.05) is 0 Å². The molecule has 0 aliphatic heterocycles. The van der Waals surface area contributed by atoms with E-state index in [-0.39, 0.29) is 5.69 Å². The van der Waals surface area contributed by atoms with Crippen molar-refractivity contribution in [1.29, 1.82) is 0 Å². The molecule has 0 radical (unpaired) electrons. The van der Waals surface area contributed by atoms with Gasteiger partial charge >= 0.3 is 11.7 Å². The van der Waals surface area contributed by atoms with E-state index in [9.17, 15) is 20.0 Å². The second kappa shape index (κ2) is 5.58. The summed E-state index contributed by atoms with van der Waals surface area (Å²) in [5.74, 6) is -0.464. The molecule has 20 heavy (non-hydrogen) atoms. The van der Waals surface area contributed by atoms with E-state index in [0.717, 1.165) is 12.1 Å². The Hall–Kier alpha value is -3.27. The largest absolute Gasteiger partial charge is 0.502 e. The van der Waals surface area contributed by atoms with Crippen LogP contribution >= 0.6 is 0 Å². The molecule has 0 aliphatic carbocycles. The summed E-state index contributed by atoms with van der Waals surface area (Å²) in [6.07, 6.45) is 0. The quantitative estimate of drug-likeness (QED) is 0.453. The highest BCUT2D eigenvalue weighted by Crippen LogP contribution is 2.28. The van der Waals surface area contributed by atoms with Crippen molar-refractivity contribution in [2.24, 2.45) is 0 Å². The minimum absolute atomic E-state index is 0.193. The highest BCUT2D eigenvalue weighted by atomic mass is 16.6. The predicted octanol–water partition coefficient (Wildman–Crippen LogP) is 2.54. The molecule has 3 N–H and O–H groups in total. The molecule has 2 amide bonds. The zero-order chi connectivity index (χ0) is 14.5. The maximum absolute atomic E-state index is 11.7. The number of aromatic hydroxyl groups is 1. The summed E-state index contributed by atoms with van der Waals surface area (Å²) in [6, 6.07) is 13.1. The zero-order valence-corrected chi connectivity index (χ0v) is 10.1. The molecule has 0 saturated heterocycles. The van der Waals surface area contributed by atoms with Gasteiger partial charge in [0.05, 0.1) is 10.6 Å². The standard InChI is InChI=1S/C13H9N3O4/c17-12-7-6-10(8-11(12)16(19)20)15-13(18)14-9-4-2-1-3-5-9/h2,4-8,17H,(H2,14,15,18). The Labute approximate surface area is 114 Å². The number of urea groups is 1. The summed E-state index contributed by atoms with van der Waals surface area (Å²) in [4.78, 5) is 21.6. The van der Waals surface area contributed by atoms with Crippen LogP contribution in [0.1, 0.15) is 0 Å². The third kappa shape index (κ3) is 3.14. The van der Waals surface area contributed by atoms with Crippen molar-refractivity contribution in [2.75, 3.05) is 10.6 Å². The summed E-state index contributed by atoms with van der Waals surface area (Å²) < 4.78 is 0. The molecule has 0 atom stereocenters. The summed E-state index contributed by atoms with van der Waals surface area (Å²) in [5.41, 5.74) is 0.221. The van der Waals surface area contributed by atoms with Gasteiger partial charge in [0.2, 0.25) is 0 Å². The number of rotatable bonds is 3. The zero-order valence-electron chi connectivity index (χ0n) is 10.1. The molecule has 0 aromatic heterocycles. The average Bonchev–Trinajstić information content (AvgIpc) is 2.41. The van der Waals surface area contributed by atoms with E-state index in [1.54, 1.807) is 12.1 Å². The smallest absolute Gasteiger partial charge is 0.323 e. The van der Waals surface area contributed by atoms with E-state index in [4.69, 9.17) is 0 Å². The highest BCUT2D eigenvalue weighted by Gasteiger charge is 2.14. The second-order valence-corrected chi connectivity index (χ2v) is 3.76. The van der Waals surface area contributed by atoms with Gasteiger partial charge in [0.15, 0.2) is 5.75 Å². The molecule has 0 saturated carbocycles. The first kappa shape index (κ1) is 13.2. The number of phenols is 1. The first-order chi connectivity index (χ1) is 9.56. The van der Waals surface area contributed by atoms with Crippen LogP contribution in [0.2, 0.25) is 0 Å². The highest BCUT2D eigenvalue weighted by molar-refractivity contribution is 5.99. The Kier molecular flexibility index (Phi) is 3.67. The van der Waals surface area contributed by atoms with E-state index >= 15 is 0 Å². The number of anilines is 2. The molecule has 0 unspecified atom stereocenters. The van der Waals surface area contributed by atoms with Crippen molar-refractivity contribution in [3.8, 4) is 5.75 Å². The fraction of sp³-hybridized carbons (Fsp3) is 0. The number of nitro benzene ring substituents is 1. The molecule has 2 aromatic rings. The molecule has 0 spiro atoms. The lowest BCUT2D eigenvalue weighted by Crippen LogP contribution is -2.19. The fourth-order valence-electron chi connectivity index (χ4n) is 1.47. The monoisotopic (exact) mass is 271 g/mol. The number of amides is 2. The lowest BCUT2D eigenvalue weighted by atomic mass is 10.2. The number of phenolic OH excluding ortho intramolecular Hbond substituents is 1. The normalized spacial score (nSPS) is 9.40. The van der Waals surface area contributed by atoms with Crippen LogP contribution < -0.4 is 10.6 Å². The number of hydrogen-bond donors (Lipinski definition) is 3. The van der Waals surface area contributed by atoms with Gasteiger partial charge in [-0.25, -0.2) is 4.79 Å². The summed E-state index contributed by atoms with van der Waals surface area (Å²) in [7, 11) is 0. The number of benzene rings is 1.